The van der Waals surface area contributed by atoms with E-state index in [4.69, 9.17) is 4.42 Å². The highest BCUT2D eigenvalue weighted by molar-refractivity contribution is 7.00. The minimum Gasteiger partial charge on any atom is -0.456 e. The Bertz CT molecular complexity index is 3650. The maximum atomic E-state index is 6.38. The van der Waals surface area contributed by atoms with E-state index in [9.17, 15) is 0 Å². The van der Waals surface area contributed by atoms with Gasteiger partial charge in [0.05, 0.1) is 0 Å². The van der Waals surface area contributed by atoms with Crippen LogP contribution in [0.15, 0.2) is 199 Å². The molecular weight excluding hydrogens is 874 g/mol. The third-order valence-corrected chi connectivity index (χ3v) is 15.1. The monoisotopic (exact) mass is 935 g/mol. The number of para-hydroxylation sites is 3. The molecule has 4 nitrogen and oxygen atoms in total. The van der Waals surface area contributed by atoms with E-state index in [1.165, 1.54) is 67.1 Å². The van der Waals surface area contributed by atoms with Crippen LogP contribution in [0.1, 0.15) is 84.6 Å². The summed E-state index contributed by atoms with van der Waals surface area (Å²) < 4.78 is 6.38. The zero-order valence-electron chi connectivity index (χ0n) is 43.3. The van der Waals surface area contributed by atoms with Crippen molar-refractivity contribution in [3.05, 3.63) is 216 Å². The lowest BCUT2D eigenvalue weighted by Crippen LogP contribution is -2.61. The second-order valence-corrected chi connectivity index (χ2v) is 23.2. The van der Waals surface area contributed by atoms with Crippen molar-refractivity contribution in [2.75, 3.05) is 14.7 Å². The largest absolute Gasteiger partial charge is 0.456 e. The molecule has 0 atom stereocenters. The lowest BCUT2D eigenvalue weighted by Gasteiger charge is -2.45. The zero-order chi connectivity index (χ0) is 49.8. The standard InChI is InChI=1S/C67H62BN3O/c1-43-35-60-64-61(36-43)71(53-39-47(66(5,6)7)38-48(40-53)67(8,9)10)58-34-28-46(65(2,3)4)41-57(58)68(64)56-33-31-52(69(49-19-13-11-14-20-49)50-21-15-12-16-22-50)42-59(56)70(60)51-29-25-44(26-30-51)45-27-32-55-54-23-17-18-24-62(54)72-63(55)37-45/h11-42H,1-10H3. The van der Waals surface area contributed by atoms with Crippen LogP contribution in [0.5, 0.6) is 0 Å². The summed E-state index contributed by atoms with van der Waals surface area (Å²) in [6.07, 6.45) is 0. The first-order valence-electron chi connectivity index (χ1n) is 25.6. The molecule has 0 amide bonds. The van der Waals surface area contributed by atoms with E-state index in [2.05, 4.69) is 266 Å². The van der Waals surface area contributed by atoms with E-state index < -0.39 is 0 Å². The molecule has 0 saturated carbocycles. The van der Waals surface area contributed by atoms with Crippen molar-refractivity contribution in [3.8, 4) is 11.1 Å². The molecule has 2 aliphatic heterocycles. The molecule has 72 heavy (non-hydrogen) atoms. The zero-order valence-corrected chi connectivity index (χ0v) is 43.3. The number of fused-ring (bicyclic) bond motifs is 7. The van der Waals surface area contributed by atoms with Gasteiger partial charge in [0, 0.05) is 62.0 Å². The molecule has 3 heterocycles. The number of benzene rings is 9. The Morgan fingerprint density at radius 1 is 0.389 bits per heavy atom. The van der Waals surface area contributed by atoms with Crippen molar-refractivity contribution in [2.45, 2.75) is 85.5 Å². The second-order valence-electron chi connectivity index (χ2n) is 23.2. The van der Waals surface area contributed by atoms with Gasteiger partial charge in [-0.15, -0.1) is 0 Å². The van der Waals surface area contributed by atoms with Crippen molar-refractivity contribution in [2.24, 2.45) is 0 Å². The normalized spacial score (nSPS) is 13.3. The van der Waals surface area contributed by atoms with Crippen molar-refractivity contribution in [1.29, 1.82) is 0 Å². The van der Waals surface area contributed by atoms with Crippen molar-refractivity contribution in [3.63, 3.8) is 0 Å². The molecule has 354 valence electrons. The first-order chi connectivity index (χ1) is 34.5. The molecule has 0 fully saturated rings. The maximum absolute atomic E-state index is 6.38. The molecule has 9 aromatic carbocycles. The van der Waals surface area contributed by atoms with Crippen LogP contribution in [-0.2, 0) is 16.2 Å². The highest BCUT2D eigenvalue weighted by atomic mass is 16.3. The highest BCUT2D eigenvalue weighted by Gasteiger charge is 2.44. The summed E-state index contributed by atoms with van der Waals surface area (Å²) in [7, 11) is 0. The molecule has 0 aliphatic carbocycles. The van der Waals surface area contributed by atoms with Crippen molar-refractivity contribution >= 4 is 96.2 Å². The Morgan fingerprint density at radius 2 is 0.958 bits per heavy atom. The van der Waals surface area contributed by atoms with Gasteiger partial charge >= 0.3 is 0 Å². The Kier molecular flexibility index (Phi) is 10.5. The highest BCUT2D eigenvalue weighted by Crippen LogP contribution is 2.48. The fourth-order valence-corrected chi connectivity index (χ4v) is 11.2. The number of rotatable bonds is 6. The minimum absolute atomic E-state index is 0.0333. The molecule has 5 heteroatoms. The summed E-state index contributed by atoms with van der Waals surface area (Å²) in [5, 5.41) is 2.28. The summed E-state index contributed by atoms with van der Waals surface area (Å²) in [6, 6.07) is 72.3. The van der Waals surface area contributed by atoms with E-state index in [0.717, 1.165) is 55.8 Å². The van der Waals surface area contributed by atoms with Gasteiger partial charge in [0.1, 0.15) is 11.2 Å². The predicted octanol–water partition coefficient (Wildman–Crippen LogP) is 17.0. The molecule has 2 aliphatic rings. The van der Waals surface area contributed by atoms with Crippen molar-refractivity contribution < 1.29 is 4.42 Å². The quantitative estimate of drug-likeness (QED) is 0.155. The molecule has 0 unspecified atom stereocenters. The lowest BCUT2D eigenvalue weighted by molar-refractivity contribution is 0.568. The first kappa shape index (κ1) is 45.4. The third kappa shape index (κ3) is 7.69. The number of furan rings is 1. The Balaban J connectivity index is 1.11. The fourth-order valence-electron chi connectivity index (χ4n) is 11.2. The fraction of sp³-hybridized carbons (Fsp3) is 0.194. The number of nitrogens with zero attached hydrogens (tertiary/aromatic N) is 3. The van der Waals surface area contributed by atoms with Gasteiger partial charge in [0.2, 0.25) is 0 Å². The molecule has 12 rings (SSSR count). The van der Waals surface area contributed by atoms with Crippen LogP contribution in [-0.4, -0.2) is 6.71 Å². The summed E-state index contributed by atoms with van der Waals surface area (Å²) >= 11 is 0. The van der Waals surface area contributed by atoms with Crippen LogP contribution in [0.25, 0.3) is 33.1 Å². The predicted molar refractivity (Wildman–Crippen MR) is 309 cm³/mol. The molecular formula is C67H62BN3O. The third-order valence-electron chi connectivity index (χ3n) is 15.1. The topological polar surface area (TPSA) is 22.9 Å². The SMILES string of the molecule is Cc1cc2c3c(c1)N(c1ccc(-c4ccc5c(c4)oc4ccccc45)cc1)c1cc(N(c4ccccc4)c4ccccc4)ccc1B3c1cc(C(C)(C)C)ccc1N2c1cc(C(C)(C)C)cc(C(C)(C)C)c1. The van der Waals surface area contributed by atoms with Crippen LogP contribution >= 0.6 is 0 Å². The summed E-state index contributed by atoms with van der Waals surface area (Å²) in [6.45, 7) is 23.3. The van der Waals surface area contributed by atoms with E-state index in [0.29, 0.717) is 0 Å². The molecule has 0 bridgehead atoms. The van der Waals surface area contributed by atoms with Gasteiger partial charge in [-0.25, -0.2) is 0 Å². The smallest absolute Gasteiger partial charge is 0.252 e. The van der Waals surface area contributed by atoms with Gasteiger partial charge in [0.25, 0.3) is 6.71 Å². The molecule has 0 N–H and O–H groups in total. The maximum Gasteiger partial charge on any atom is 0.252 e. The average molecular weight is 936 g/mol. The Labute approximate surface area is 426 Å². The molecule has 0 saturated heterocycles. The van der Waals surface area contributed by atoms with Gasteiger partial charge in [-0.1, -0.05) is 159 Å². The average Bonchev–Trinajstić information content (AvgIpc) is 3.74. The number of hydrogen-bond donors (Lipinski definition) is 0. The van der Waals surface area contributed by atoms with Gasteiger partial charge < -0.3 is 19.1 Å². The molecule has 0 spiro atoms. The summed E-state index contributed by atoms with van der Waals surface area (Å²) in [5.41, 5.74) is 23.5. The summed E-state index contributed by atoms with van der Waals surface area (Å²) in [4.78, 5) is 7.52. The minimum atomic E-state index is -0.0578. The number of anilines is 9. The van der Waals surface area contributed by atoms with E-state index >= 15 is 0 Å². The molecule has 10 aromatic rings. The number of aryl methyl sites for hydroxylation is 1. The van der Waals surface area contributed by atoms with Crippen LogP contribution in [0, 0.1) is 6.92 Å². The van der Waals surface area contributed by atoms with Gasteiger partial charge in [-0.3, -0.25) is 0 Å². The molecule has 0 radical (unpaired) electrons. The van der Waals surface area contributed by atoms with E-state index in [-0.39, 0.29) is 23.0 Å². The van der Waals surface area contributed by atoms with Crippen molar-refractivity contribution in [1.82, 2.24) is 0 Å². The van der Waals surface area contributed by atoms with Crippen LogP contribution in [0.3, 0.4) is 0 Å². The van der Waals surface area contributed by atoms with Crippen LogP contribution in [0.2, 0.25) is 0 Å². The van der Waals surface area contributed by atoms with E-state index in [1.54, 1.807) is 0 Å². The van der Waals surface area contributed by atoms with Gasteiger partial charge in [-0.05, 0) is 170 Å². The Morgan fingerprint density at radius 3 is 1.58 bits per heavy atom. The first-order valence-corrected chi connectivity index (χ1v) is 25.6. The second kappa shape index (κ2) is 16.7. The molecule has 1 aromatic heterocycles. The van der Waals surface area contributed by atoms with Gasteiger partial charge in [-0.2, -0.15) is 0 Å². The van der Waals surface area contributed by atoms with Crippen LogP contribution in [0.4, 0.5) is 51.2 Å². The summed E-state index contributed by atoms with van der Waals surface area (Å²) in [5.74, 6) is 0. The lowest BCUT2D eigenvalue weighted by atomic mass is 9.33. The Hall–Kier alpha value is -7.76. The van der Waals surface area contributed by atoms with Gasteiger partial charge in [0.15, 0.2) is 0 Å². The van der Waals surface area contributed by atoms with E-state index in [1.807, 2.05) is 12.1 Å². The van der Waals surface area contributed by atoms with Crippen LogP contribution < -0.4 is 31.1 Å². The number of hydrogen-bond acceptors (Lipinski definition) is 4.